The molecule has 0 aliphatic carbocycles. The monoisotopic (exact) mass is 567 g/mol. The van der Waals surface area contributed by atoms with E-state index in [1.165, 1.54) is 11.3 Å². The molecule has 5 rings (SSSR count). The summed E-state index contributed by atoms with van der Waals surface area (Å²) in [6, 6.07) is 2.57. The lowest BCUT2D eigenvalue weighted by Crippen LogP contribution is -2.47. The van der Waals surface area contributed by atoms with E-state index in [4.69, 9.17) is 4.74 Å². The molecule has 14 heteroatoms. The van der Waals surface area contributed by atoms with Crippen molar-refractivity contribution in [3.63, 3.8) is 0 Å². The highest BCUT2D eigenvalue weighted by Gasteiger charge is 2.28. The Bertz CT molecular complexity index is 1410. The van der Waals surface area contributed by atoms with E-state index < -0.39 is 29.7 Å². The number of aliphatic carboxylic acids is 1. The van der Waals surface area contributed by atoms with Gasteiger partial charge in [-0.2, -0.15) is 5.10 Å². The summed E-state index contributed by atoms with van der Waals surface area (Å²) in [5.74, 6) is -2.81. The Labute approximate surface area is 233 Å². The van der Waals surface area contributed by atoms with E-state index in [9.17, 15) is 24.3 Å². The summed E-state index contributed by atoms with van der Waals surface area (Å²) in [7, 11) is 0. The number of nitrogens with one attached hydrogen (secondary N) is 3. The molecule has 0 radical (unpaired) electrons. The lowest BCUT2D eigenvalue weighted by molar-refractivity contribution is -0.137. The van der Waals surface area contributed by atoms with E-state index in [1.54, 1.807) is 22.5 Å². The molecule has 3 aromatic heterocycles. The summed E-state index contributed by atoms with van der Waals surface area (Å²) in [5.41, 5.74) is 1.88. The van der Waals surface area contributed by atoms with Gasteiger partial charge in [-0.15, -0.1) is 11.3 Å². The maximum atomic E-state index is 13.4. The van der Waals surface area contributed by atoms with Crippen LogP contribution in [-0.2, 0) is 20.7 Å². The molecule has 13 nitrogen and oxygen atoms in total. The second kappa shape index (κ2) is 12.3. The number of carboxylic acids is 1. The van der Waals surface area contributed by atoms with Crippen LogP contribution in [0.5, 0.6) is 0 Å². The van der Waals surface area contributed by atoms with Crippen molar-refractivity contribution in [1.29, 1.82) is 0 Å². The molecular weight excluding hydrogens is 538 g/mol. The smallest absolute Gasteiger partial charge is 0.303 e. The van der Waals surface area contributed by atoms with Gasteiger partial charge in [-0.05, 0) is 44.2 Å². The van der Waals surface area contributed by atoms with Crippen molar-refractivity contribution >= 4 is 40.7 Å². The Balaban J connectivity index is 1.49. The molecular formula is C26H29N7O6S. The lowest BCUT2D eigenvalue weighted by Gasteiger charge is -2.22. The topological polar surface area (TPSA) is 177 Å². The maximum Gasteiger partial charge on any atom is 0.303 e. The average Bonchev–Trinajstić information content (AvgIpc) is 3.61. The van der Waals surface area contributed by atoms with Crippen LogP contribution in [0.25, 0.3) is 10.6 Å². The molecule has 5 heterocycles. The van der Waals surface area contributed by atoms with Gasteiger partial charge in [0, 0.05) is 55.2 Å². The third-order valence-electron chi connectivity index (χ3n) is 6.74. The van der Waals surface area contributed by atoms with Gasteiger partial charge in [-0.1, -0.05) is 0 Å². The van der Waals surface area contributed by atoms with Crippen LogP contribution in [0.4, 0.5) is 5.69 Å². The number of carbonyl (C=O) groups excluding carboxylic acids is 3. The number of ether oxygens (including phenoxy) is 1. The van der Waals surface area contributed by atoms with Crippen LogP contribution in [0.3, 0.4) is 0 Å². The molecule has 3 amide bonds. The molecule has 1 atom stereocenters. The number of thiazole rings is 1. The second-order valence-electron chi connectivity index (χ2n) is 9.60. The molecule has 3 aromatic rings. The molecule has 40 heavy (non-hydrogen) atoms. The Morgan fingerprint density at radius 1 is 1.20 bits per heavy atom. The van der Waals surface area contributed by atoms with Crippen molar-refractivity contribution < 1.29 is 29.0 Å². The van der Waals surface area contributed by atoms with Crippen LogP contribution in [0.1, 0.15) is 64.8 Å². The zero-order valence-electron chi connectivity index (χ0n) is 21.6. The fourth-order valence-electron chi connectivity index (χ4n) is 4.60. The predicted octanol–water partition coefficient (Wildman–Crippen LogP) is 2.03. The number of fused-ring (bicyclic) bond motifs is 6. The molecule has 2 aliphatic rings. The van der Waals surface area contributed by atoms with Gasteiger partial charge in [0.1, 0.15) is 16.7 Å². The van der Waals surface area contributed by atoms with Gasteiger partial charge in [0.15, 0.2) is 5.69 Å². The van der Waals surface area contributed by atoms with Crippen molar-refractivity contribution in [2.75, 3.05) is 25.1 Å². The molecule has 1 unspecified atom stereocenters. The number of pyridine rings is 1. The number of anilines is 1. The summed E-state index contributed by atoms with van der Waals surface area (Å²) < 4.78 is 7.07. The van der Waals surface area contributed by atoms with Gasteiger partial charge < -0.3 is 25.8 Å². The fraction of sp³-hybridized carbons (Fsp3) is 0.423. The van der Waals surface area contributed by atoms with Crippen molar-refractivity contribution in [1.82, 2.24) is 30.4 Å². The van der Waals surface area contributed by atoms with Gasteiger partial charge in [0.25, 0.3) is 11.8 Å². The lowest BCUT2D eigenvalue weighted by atomic mass is 10.1. The first kappa shape index (κ1) is 27.4. The summed E-state index contributed by atoms with van der Waals surface area (Å²) in [5, 5.41) is 24.1. The van der Waals surface area contributed by atoms with Gasteiger partial charge in [-0.25, -0.2) is 4.98 Å². The minimum absolute atomic E-state index is 0.0366. The maximum absolute atomic E-state index is 13.4. The standard InChI is InChI=1S/C26H29N7O6S/c34-21(35)4-3-18-23(36)28-8-1-2-16-12-15(5-9-27-16)26-31-20(14-40-26)24(37)30-19-13-33(17-6-10-39-11-7-17)32-22(19)25(38)29-18/h5,9,12-14,17-18H,1-4,6-8,10-11H2,(H,28,36)(H,29,38)(H,30,37)(H,34,35). The molecule has 1 fully saturated rings. The highest BCUT2D eigenvalue weighted by molar-refractivity contribution is 7.13. The third kappa shape index (κ3) is 6.51. The number of nitrogens with zero attached hydrogens (tertiary/aromatic N) is 4. The molecule has 1 saturated heterocycles. The van der Waals surface area contributed by atoms with Crippen LogP contribution in [0, 0.1) is 0 Å². The molecule has 4 bridgehead atoms. The number of carbonyl (C=O) groups is 4. The number of hydrogen-bond donors (Lipinski definition) is 4. The quantitative estimate of drug-likeness (QED) is 0.367. The van der Waals surface area contributed by atoms with Crippen LogP contribution >= 0.6 is 11.3 Å². The minimum Gasteiger partial charge on any atom is -0.481 e. The first-order valence-corrected chi connectivity index (χ1v) is 13.9. The zero-order valence-corrected chi connectivity index (χ0v) is 22.4. The molecule has 0 spiro atoms. The van der Waals surface area contributed by atoms with Gasteiger partial charge >= 0.3 is 5.97 Å². The van der Waals surface area contributed by atoms with E-state index in [2.05, 4.69) is 31.0 Å². The highest BCUT2D eigenvalue weighted by atomic mass is 32.1. The molecule has 0 aromatic carbocycles. The summed E-state index contributed by atoms with van der Waals surface area (Å²) in [4.78, 5) is 59.7. The van der Waals surface area contributed by atoms with Crippen molar-refractivity contribution in [2.45, 2.75) is 50.6 Å². The van der Waals surface area contributed by atoms with Crippen LogP contribution in [0.2, 0.25) is 0 Å². The summed E-state index contributed by atoms with van der Waals surface area (Å²) >= 11 is 1.32. The average molecular weight is 568 g/mol. The van der Waals surface area contributed by atoms with Gasteiger partial charge in [0.2, 0.25) is 5.91 Å². The molecule has 210 valence electrons. The normalized spacial score (nSPS) is 19.0. The predicted molar refractivity (Wildman–Crippen MR) is 144 cm³/mol. The molecule has 2 aliphatic heterocycles. The van der Waals surface area contributed by atoms with Crippen LogP contribution in [-0.4, -0.2) is 74.3 Å². The number of amides is 3. The Morgan fingerprint density at radius 2 is 2.02 bits per heavy atom. The first-order valence-electron chi connectivity index (χ1n) is 13.1. The highest BCUT2D eigenvalue weighted by Crippen LogP contribution is 2.27. The first-order chi connectivity index (χ1) is 19.4. The van der Waals surface area contributed by atoms with E-state index >= 15 is 0 Å². The minimum atomic E-state index is -1.11. The Hall–Kier alpha value is -4.17. The van der Waals surface area contributed by atoms with Gasteiger partial charge in [0.05, 0.1) is 11.7 Å². The van der Waals surface area contributed by atoms with Crippen molar-refractivity contribution in [3.05, 3.63) is 47.0 Å². The number of rotatable bonds is 4. The fourth-order valence-corrected chi connectivity index (χ4v) is 5.40. The SMILES string of the molecule is O=C(O)CCC1NC(=O)c2nn(C3CCOCC3)cc2NC(=O)c2csc(n2)-c2ccnc(c2)CCCNC1=O. The van der Waals surface area contributed by atoms with Crippen LogP contribution < -0.4 is 16.0 Å². The summed E-state index contributed by atoms with van der Waals surface area (Å²) in [6.45, 7) is 1.40. The summed E-state index contributed by atoms with van der Waals surface area (Å²) in [6.07, 6.45) is 5.36. The Morgan fingerprint density at radius 3 is 2.83 bits per heavy atom. The van der Waals surface area contributed by atoms with Gasteiger partial charge in [-0.3, -0.25) is 28.8 Å². The molecule has 4 N–H and O–H groups in total. The van der Waals surface area contributed by atoms with E-state index in [-0.39, 0.29) is 36.0 Å². The van der Waals surface area contributed by atoms with Crippen molar-refractivity contribution in [3.8, 4) is 10.6 Å². The van der Waals surface area contributed by atoms with Crippen molar-refractivity contribution in [2.24, 2.45) is 0 Å². The zero-order chi connectivity index (χ0) is 28.1. The second-order valence-corrected chi connectivity index (χ2v) is 10.5. The third-order valence-corrected chi connectivity index (χ3v) is 7.63. The number of aromatic nitrogens is 4. The van der Waals surface area contributed by atoms with E-state index in [1.807, 2.05) is 12.1 Å². The number of aryl methyl sites for hydroxylation is 1. The molecule has 0 saturated carbocycles. The number of hydrogen-bond acceptors (Lipinski definition) is 9. The van der Waals surface area contributed by atoms with E-state index in [0.29, 0.717) is 50.4 Å². The number of carboxylic acid groups (broad SMARTS) is 1. The Kier molecular flexibility index (Phi) is 8.45. The van der Waals surface area contributed by atoms with E-state index in [0.717, 1.165) is 11.3 Å². The largest absolute Gasteiger partial charge is 0.481 e. The van der Waals surface area contributed by atoms with Crippen LogP contribution in [0.15, 0.2) is 29.9 Å².